The number of anilines is 1. The number of benzene rings is 2. The zero-order valence-electron chi connectivity index (χ0n) is 17.1. The normalized spacial score (nSPS) is 16.0. The van der Waals surface area contributed by atoms with E-state index < -0.39 is 0 Å². The number of H-pyrrole nitrogens is 1. The van der Waals surface area contributed by atoms with E-state index in [0.29, 0.717) is 16.3 Å². The Morgan fingerprint density at radius 2 is 2.16 bits per heavy atom. The molecule has 0 saturated heterocycles. The Bertz CT molecular complexity index is 1310. The van der Waals surface area contributed by atoms with Gasteiger partial charge in [0.05, 0.1) is 12.9 Å². The summed E-state index contributed by atoms with van der Waals surface area (Å²) in [5.74, 6) is 0.562. The molecule has 1 N–H and O–H groups in total. The van der Waals surface area contributed by atoms with E-state index in [0.717, 1.165) is 40.7 Å². The first kappa shape index (κ1) is 19.7. The smallest absolute Gasteiger partial charge is 0.237 e. The van der Waals surface area contributed by atoms with Crippen LogP contribution in [0.15, 0.2) is 41.6 Å². The predicted octanol–water partition coefficient (Wildman–Crippen LogP) is 4.11. The average molecular weight is 438 g/mol. The number of carbonyl (C=O) groups is 1. The second-order valence-corrected chi connectivity index (χ2v) is 8.48. The van der Waals surface area contributed by atoms with Gasteiger partial charge < -0.3 is 14.6 Å². The number of halogens is 1. The summed E-state index contributed by atoms with van der Waals surface area (Å²) in [6.07, 6.45) is 1.56. The zero-order valence-corrected chi connectivity index (χ0v) is 17.9. The Morgan fingerprint density at radius 1 is 1.29 bits per heavy atom. The molecule has 158 valence electrons. The molecule has 0 radical (unpaired) electrons. The van der Waals surface area contributed by atoms with Crippen LogP contribution in [-0.4, -0.2) is 45.0 Å². The van der Waals surface area contributed by atoms with Crippen molar-refractivity contribution < 1.29 is 13.9 Å². The Morgan fingerprint density at radius 3 is 3.00 bits per heavy atom. The van der Waals surface area contributed by atoms with Crippen LogP contribution in [0.5, 0.6) is 5.75 Å². The minimum atomic E-state index is -0.279. The van der Waals surface area contributed by atoms with Crippen molar-refractivity contribution in [3.8, 4) is 5.75 Å². The van der Waals surface area contributed by atoms with E-state index >= 15 is 0 Å². The van der Waals surface area contributed by atoms with Crippen LogP contribution >= 0.6 is 11.8 Å². The highest BCUT2D eigenvalue weighted by atomic mass is 32.2. The maximum Gasteiger partial charge on any atom is 0.237 e. The first-order chi connectivity index (χ1) is 15.0. The van der Waals surface area contributed by atoms with Crippen molar-refractivity contribution in [2.75, 3.05) is 17.8 Å². The van der Waals surface area contributed by atoms with E-state index in [1.807, 2.05) is 25.1 Å². The van der Waals surface area contributed by atoms with Gasteiger partial charge in [0.1, 0.15) is 17.1 Å². The number of ether oxygens (including phenoxy) is 1. The number of carbonyl (C=O) groups excluding carboxylic acids is 1. The molecule has 0 spiro atoms. The van der Waals surface area contributed by atoms with Crippen LogP contribution in [0.3, 0.4) is 0 Å². The van der Waals surface area contributed by atoms with Gasteiger partial charge in [-0.25, -0.2) is 9.37 Å². The molecule has 1 aliphatic rings. The second kappa shape index (κ2) is 7.81. The topological polar surface area (TPSA) is 84.0 Å². The van der Waals surface area contributed by atoms with Gasteiger partial charge in [-0.15, -0.1) is 10.2 Å². The lowest BCUT2D eigenvalue weighted by Crippen LogP contribution is -2.43. The lowest BCUT2D eigenvalue weighted by molar-refractivity contribution is -0.116. The van der Waals surface area contributed by atoms with Crippen LogP contribution in [0.2, 0.25) is 0 Å². The summed E-state index contributed by atoms with van der Waals surface area (Å²) < 4.78 is 18.9. The number of aryl methyl sites for hydroxylation is 1. The molecule has 0 aliphatic carbocycles. The van der Waals surface area contributed by atoms with Gasteiger partial charge in [0.25, 0.3) is 0 Å². The van der Waals surface area contributed by atoms with Crippen molar-refractivity contribution in [2.24, 2.45) is 0 Å². The molecular weight excluding hydrogens is 417 g/mol. The van der Waals surface area contributed by atoms with Gasteiger partial charge in [0, 0.05) is 22.6 Å². The number of amides is 1. The molecule has 4 aromatic rings. The van der Waals surface area contributed by atoms with Crippen molar-refractivity contribution in [1.29, 1.82) is 0 Å². The van der Waals surface area contributed by atoms with E-state index in [1.54, 1.807) is 18.1 Å². The number of aromatic amines is 1. The van der Waals surface area contributed by atoms with Crippen LogP contribution in [-0.2, 0) is 11.2 Å². The molecule has 2 aromatic carbocycles. The molecule has 9 heteroatoms. The summed E-state index contributed by atoms with van der Waals surface area (Å²) in [4.78, 5) is 22.5. The first-order valence-electron chi connectivity index (χ1n) is 9.97. The van der Waals surface area contributed by atoms with E-state index in [1.165, 1.54) is 23.9 Å². The first-order valence-corrected chi connectivity index (χ1v) is 11.0. The highest BCUT2D eigenvalue weighted by Gasteiger charge is 2.28. The number of nitrogens with zero attached hydrogens (tertiary/aromatic N) is 4. The number of nitrogens with one attached hydrogen (secondary N) is 1. The van der Waals surface area contributed by atoms with Crippen molar-refractivity contribution in [3.05, 3.63) is 47.8 Å². The van der Waals surface area contributed by atoms with Gasteiger partial charge >= 0.3 is 0 Å². The SMILES string of the molecule is COc1ccc2[nH]c3nc(SCC(=O)N4c5ccc(F)cc5CC[C@@H]4C)nnc3c2c1. The fraction of sp³-hybridized carbons (Fsp3) is 0.273. The highest BCUT2D eigenvalue weighted by molar-refractivity contribution is 7.99. The summed E-state index contributed by atoms with van der Waals surface area (Å²) in [5.41, 5.74) is 3.81. The van der Waals surface area contributed by atoms with Crippen LogP contribution in [0.25, 0.3) is 22.1 Å². The number of hydrogen-bond acceptors (Lipinski definition) is 6. The van der Waals surface area contributed by atoms with Gasteiger partial charge in [-0.2, -0.15) is 0 Å². The summed E-state index contributed by atoms with van der Waals surface area (Å²) in [5, 5.41) is 9.81. The Labute approximate surface area is 182 Å². The molecule has 0 fully saturated rings. The van der Waals surface area contributed by atoms with Gasteiger partial charge in [-0.1, -0.05) is 11.8 Å². The lowest BCUT2D eigenvalue weighted by Gasteiger charge is -2.35. The molecule has 1 aliphatic heterocycles. The number of aromatic nitrogens is 4. The molecule has 0 bridgehead atoms. The van der Waals surface area contributed by atoms with Crippen molar-refractivity contribution in [1.82, 2.24) is 20.2 Å². The standard InChI is InChI=1S/C22H20FN5O2S/c1-12-3-4-13-9-14(23)5-8-18(13)28(12)19(29)11-31-22-25-21-20(26-27-22)16-10-15(30-2)6-7-17(16)24-21/h5-10,12H,3-4,11H2,1-2H3,(H,24,25,27)/t12-/m0/s1. The second-order valence-electron chi connectivity index (χ2n) is 7.54. The highest BCUT2D eigenvalue weighted by Crippen LogP contribution is 2.32. The quantitative estimate of drug-likeness (QED) is 0.484. The average Bonchev–Trinajstić information content (AvgIpc) is 3.14. The molecule has 0 unspecified atom stereocenters. The van der Waals surface area contributed by atoms with Crippen molar-refractivity contribution in [2.45, 2.75) is 31.0 Å². The van der Waals surface area contributed by atoms with E-state index in [9.17, 15) is 9.18 Å². The van der Waals surface area contributed by atoms with Crippen molar-refractivity contribution >= 4 is 45.4 Å². The van der Waals surface area contributed by atoms with Crippen LogP contribution < -0.4 is 9.64 Å². The Kier molecular flexibility index (Phi) is 4.97. The monoisotopic (exact) mass is 437 g/mol. The molecule has 1 amide bonds. The lowest BCUT2D eigenvalue weighted by atomic mass is 9.96. The third-order valence-electron chi connectivity index (χ3n) is 5.57. The molecular formula is C22H20FN5O2S. The van der Waals surface area contributed by atoms with Crippen LogP contribution in [0, 0.1) is 5.82 Å². The zero-order chi connectivity index (χ0) is 21.5. The molecule has 1 atom stereocenters. The summed E-state index contributed by atoms with van der Waals surface area (Å²) >= 11 is 1.24. The fourth-order valence-electron chi connectivity index (χ4n) is 4.02. The third-order valence-corrected chi connectivity index (χ3v) is 6.39. The number of methoxy groups -OCH3 is 1. The molecule has 3 heterocycles. The Balaban J connectivity index is 1.37. The maximum atomic E-state index is 13.6. The molecule has 0 saturated carbocycles. The minimum Gasteiger partial charge on any atom is -0.497 e. The Hall–Kier alpha value is -3.20. The third kappa shape index (κ3) is 3.59. The summed E-state index contributed by atoms with van der Waals surface area (Å²) in [7, 11) is 1.61. The molecule has 7 nitrogen and oxygen atoms in total. The van der Waals surface area contributed by atoms with Gasteiger partial charge in [-0.05, 0) is 61.7 Å². The number of fused-ring (bicyclic) bond motifs is 4. The van der Waals surface area contributed by atoms with E-state index in [2.05, 4.69) is 20.2 Å². The number of rotatable bonds is 4. The molecule has 5 rings (SSSR count). The van der Waals surface area contributed by atoms with Crippen LogP contribution in [0.4, 0.5) is 10.1 Å². The van der Waals surface area contributed by atoms with Gasteiger partial charge in [-0.3, -0.25) is 4.79 Å². The number of hydrogen-bond donors (Lipinski definition) is 1. The largest absolute Gasteiger partial charge is 0.497 e. The minimum absolute atomic E-state index is 0.0521. The molecule has 2 aromatic heterocycles. The van der Waals surface area contributed by atoms with Crippen LogP contribution in [0.1, 0.15) is 18.9 Å². The van der Waals surface area contributed by atoms with E-state index in [-0.39, 0.29) is 23.5 Å². The predicted molar refractivity (Wildman–Crippen MR) is 118 cm³/mol. The van der Waals surface area contributed by atoms with Crippen molar-refractivity contribution in [3.63, 3.8) is 0 Å². The van der Waals surface area contributed by atoms with Gasteiger partial charge in [0.15, 0.2) is 5.65 Å². The molecule has 31 heavy (non-hydrogen) atoms. The van der Waals surface area contributed by atoms with Gasteiger partial charge in [0.2, 0.25) is 11.1 Å². The summed E-state index contributed by atoms with van der Waals surface area (Å²) in [6.45, 7) is 2.01. The fourth-order valence-corrected chi connectivity index (χ4v) is 4.67. The summed E-state index contributed by atoms with van der Waals surface area (Å²) in [6, 6.07) is 10.3. The van der Waals surface area contributed by atoms with E-state index in [4.69, 9.17) is 4.74 Å². The number of thioether (sulfide) groups is 1. The maximum absolute atomic E-state index is 13.6.